The first-order valence-corrected chi connectivity index (χ1v) is 7.41. The van der Waals surface area contributed by atoms with Gasteiger partial charge in [0.1, 0.15) is 5.92 Å². The Morgan fingerprint density at radius 2 is 1.90 bits per heavy atom. The molecule has 0 radical (unpaired) electrons. The molecule has 20 heavy (non-hydrogen) atoms. The summed E-state index contributed by atoms with van der Waals surface area (Å²) in [7, 11) is 0. The van der Waals surface area contributed by atoms with E-state index in [0.29, 0.717) is 0 Å². The molecule has 0 spiro atoms. The number of amides is 1. The van der Waals surface area contributed by atoms with E-state index in [0.717, 1.165) is 25.7 Å². The molecule has 5 heteroatoms. The van der Waals surface area contributed by atoms with Crippen molar-refractivity contribution >= 4 is 11.9 Å². The van der Waals surface area contributed by atoms with Gasteiger partial charge in [0, 0.05) is 6.04 Å². The summed E-state index contributed by atoms with van der Waals surface area (Å²) in [6, 6.07) is 0.0756. The van der Waals surface area contributed by atoms with Gasteiger partial charge in [-0.05, 0) is 13.3 Å². The van der Waals surface area contributed by atoms with Crippen molar-refractivity contribution in [2.24, 2.45) is 11.8 Å². The van der Waals surface area contributed by atoms with Gasteiger partial charge in [-0.2, -0.15) is 0 Å². The summed E-state index contributed by atoms with van der Waals surface area (Å²) in [5.74, 6) is -2.51. The zero-order valence-corrected chi connectivity index (χ0v) is 12.0. The standard InChI is InChI=1S/C15H23NO4/c1-3-4-5-6-9(2)16-14(17)12-10-7-8-11(20-10)13(12)15(18)19/h7-13H,3-6H2,1-2H3,(H,16,17)(H,18,19)/t9-,10+,11+,12+,13-/m0/s1. The third-order valence-electron chi connectivity index (χ3n) is 4.12. The second kappa shape index (κ2) is 6.39. The Labute approximate surface area is 119 Å². The molecule has 1 amide bonds. The van der Waals surface area contributed by atoms with Crippen LogP contribution >= 0.6 is 0 Å². The maximum atomic E-state index is 12.3. The van der Waals surface area contributed by atoms with E-state index in [2.05, 4.69) is 12.2 Å². The zero-order valence-electron chi connectivity index (χ0n) is 12.0. The van der Waals surface area contributed by atoms with Gasteiger partial charge in [0.15, 0.2) is 0 Å². The number of hydrogen-bond donors (Lipinski definition) is 2. The van der Waals surface area contributed by atoms with Crippen LogP contribution in [0.1, 0.15) is 39.5 Å². The van der Waals surface area contributed by atoms with Crippen LogP contribution in [0.5, 0.6) is 0 Å². The number of ether oxygens (including phenoxy) is 1. The summed E-state index contributed by atoms with van der Waals surface area (Å²) in [5, 5.41) is 12.2. The van der Waals surface area contributed by atoms with Crippen molar-refractivity contribution in [2.75, 3.05) is 0 Å². The lowest BCUT2D eigenvalue weighted by Crippen LogP contribution is -2.45. The fourth-order valence-corrected chi connectivity index (χ4v) is 3.03. The second-order valence-corrected chi connectivity index (χ2v) is 5.75. The van der Waals surface area contributed by atoms with E-state index in [1.807, 2.05) is 6.92 Å². The molecule has 1 fully saturated rings. The topological polar surface area (TPSA) is 75.6 Å². The van der Waals surface area contributed by atoms with Gasteiger partial charge in [-0.25, -0.2) is 0 Å². The summed E-state index contributed by atoms with van der Waals surface area (Å²) in [5.41, 5.74) is 0. The van der Waals surface area contributed by atoms with E-state index >= 15 is 0 Å². The highest BCUT2D eigenvalue weighted by atomic mass is 16.5. The van der Waals surface area contributed by atoms with Crippen LogP contribution in [0.2, 0.25) is 0 Å². The highest BCUT2D eigenvalue weighted by molar-refractivity contribution is 5.87. The summed E-state index contributed by atoms with van der Waals surface area (Å²) in [6.45, 7) is 4.10. The molecule has 0 aromatic heterocycles. The van der Waals surface area contributed by atoms with Crippen molar-refractivity contribution in [3.63, 3.8) is 0 Å². The predicted molar refractivity (Wildman–Crippen MR) is 74.2 cm³/mol. The van der Waals surface area contributed by atoms with Crippen LogP contribution in [0, 0.1) is 11.8 Å². The van der Waals surface area contributed by atoms with Gasteiger partial charge < -0.3 is 15.2 Å². The molecule has 2 aliphatic heterocycles. The van der Waals surface area contributed by atoms with Crippen molar-refractivity contribution in [1.29, 1.82) is 0 Å². The number of nitrogens with one attached hydrogen (secondary N) is 1. The molecule has 0 saturated carbocycles. The number of unbranched alkanes of at least 4 members (excludes halogenated alkanes) is 2. The summed E-state index contributed by atoms with van der Waals surface area (Å²) in [6.07, 6.45) is 7.01. The first kappa shape index (κ1) is 15.0. The Morgan fingerprint density at radius 3 is 2.50 bits per heavy atom. The fourth-order valence-electron chi connectivity index (χ4n) is 3.03. The fraction of sp³-hybridized carbons (Fsp3) is 0.733. The molecular weight excluding hydrogens is 258 g/mol. The molecule has 2 rings (SSSR count). The second-order valence-electron chi connectivity index (χ2n) is 5.75. The van der Waals surface area contributed by atoms with E-state index in [4.69, 9.17) is 4.74 Å². The number of carboxylic acids is 1. The Morgan fingerprint density at radius 1 is 1.25 bits per heavy atom. The number of carbonyl (C=O) groups is 2. The third-order valence-corrected chi connectivity index (χ3v) is 4.12. The van der Waals surface area contributed by atoms with Crippen molar-refractivity contribution in [2.45, 2.75) is 57.8 Å². The molecule has 0 aromatic rings. The van der Waals surface area contributed by atoms with Crippen molar-refractivity contribution < 1.29 is 19.4 Å². The molecule has 0 aliphatic carbocycles. The Bertz CT molecular complexity index is 407. The Kier molecular flexibility index (Phi) is 4.81. The Balaban J connectivity index is 1.91. The van der Waals surface area contributed by atoms with Gasteiger partial charge in [0.05, 0.1) is 18.1 Å². The molecule has 5 atom stereocenters. The molecule has 2 heterocycles. The number of carbonyl (C=O) groups excluding carboxylic acids is 1. The normalized spacial score (nSPS) is 32.3. The third kappa shape index (κ3) is 3.03. The smallest absolute Gasteiger partial charge is 0.310 e. The van der Waals surface area contributed by atoms with E-state index in [1.54, 1.807) is 12.2 Å². The van der Waals surface area contributed by atoms with Crippen LogP contribution in [0.25, 0.3) is 0 Å². The minimum atomic E-state index is -0.958. The average Bonchev–Trinajstić information content (AvgIpc) is 2.98. The molecule has 0 unspecified atom stereocenters. The van der Waals surface area contributed by atoms with Crippen LogP contribution in [-0.2, 0) is 14.3 Å². The molecule has 0 aromatic carbocycles. The average molecular weight is 281 g/mol. The quantitative estimate of drug-likeness (QED) is 0.550. The van der Waals surface area contributed by atoms with Crippen LogP contribution < -0.4 is 5.32 Å². The highest BCUT2D eigenvalue weighted by Crippen LogP contribution is 2.39. The number of rotatable bonds is 7. The van der Waals surface area contributed by atoms with Crippen LogP contribution in [-0.4, -0.2) is 35.2 Å². The van der Waals surface area contributed by atoms with E-state index in [-0.39, 0.29) is 18.1 Å². The molecule has 2 aliphatic rings. The monoisotopic (exact) mass is 281 g/mol. The van der Waals surface area contributed by atoms with Crippen LogP contribution in [0.3, 0.4) is 0 Å². The summed E-state index contributed by atoms with van der Waals surface area (Å²) in [4.78, 5) is 23.6. The zero-order chi connectivity index (χ0) is 14.7. The summed E-state index contributed by atoms with van der Waals surface area (Å²) >= 11 is 0. The minimum absolute atomic E-state index is 0.0756. The van der Waals surface area contributed by atoms with Gasteiger partial charge in [-0.1, -0.05) is 38.3 Å². The van der Waals surface area contributed by atoms with Gasteiger partial charge in [0.25, 0.3) is 0 Å². The summed E-state index contributed by atoms with van der Waals surface area (Å²) < 4.78 is 5.51. The van der Waals surface area contributed by atoms with E-state index < -0.39 is 23.9 Å². The number of aliphatic carboxylic acids is 1. The lowest BCUT2D eigenvalue weighted by atomic mass is 9.82. The lowest BCUT2D eigenvalue weighted by molar-refractivity contribution is -0.146. The maximum absolute atomic E-state index is 12.3. The molecule has 2 bridgehead atoms. The van der Waals surface area contributed by atoms with Crippen LogP contribution in [0.15, 0.2) is 12.2 Å². The SMILES string of the molecule is CCCCC[C@H](C)NC(=O)[C@H]1[C@@H](C(=O)O)[C@H]2C=C[C@H]1O2. The molecule has 5 nitrogen and oxygen atoms in total. The number of fused-ring (bicyclic) bond motifs is 2. The largest absolute Gasteiger partial charge is 0.481 e. The minimum Gasteiger partial charge on any atom is -0.481 e. The van der Waals surface area contributed by atoms with E-state index in [1.165, 1.54) is 0 Å². The van der Waals surface area contributed by atoms with Crippen LogP contribution in [0.4, 0.5) is 0 Å². The van der Waals surface area contributed by atoms with Gasteiger partial charge in [0.2, 0.25) is 5.91 Å². The number of carboxylic acid groups (broad SMARTS) is 1. The highest BCUT2D eigenvalue weighted by Gasteiger charge is 2.53. The van der Waals surface area contributed by atoms with Gasteiger partial charge >= 0.3 is 5.97 Å². The van der Waals surface area contributed by atoms with Gasteiger partial charge in [-0.3, -0.25) is 9.59 Å². The van der Waals surface area contributed by atoms with Crippen molar-refractivity contribution in [3.05, 3.63) is 12.2 Å². The molecular formula is C15H23NO4. The first-order valence-electron chi connectivity index (χ1n) is 7.41. The predicted octanol–water partition coefficient (Wildman–Crippen LogP) is 1.73. The molecule has 2 N–H and O–H groups in total. The van der Waals surface area contributed by atoms with Crippen molar-refractivity contribution in [1.82, 2.24) is 5.32 Å². The van der Waals surface area contributed by atoms with E-state index in [9.17, 15) is 14.7 Å². The molecule has 1 saturated heterocycles. The maximum Gasteiger partial charge on any atom is 0.310 e. The van der Waals surface area contributed by atoms with Gasteiger partial charge in [-0.15, -0.1) is 0 Å². The first-order chi connectivity index (χ1) is 9.54. The van der Waals surface area contributed by atoms with Crippen molar-refractivity contribution in [3.8, 4) is 0 Å². The number of hydrogen-bond acceptors (Lipinski definition) is 3. The lowest BCUT2D eigenvalue weighted by Gasteiger charge is -2.23. The Hall–Kier alpha value is -1.36. The molecule has 112 valence electrons.